The summed E-state index contributed by atoms with van der Waals surface area (Å²) < 4.78 is 0. The Bertz CT molecular complexity index is 863. The van der Waals surface area contributed by atoms with Crippen molar-refractivity contribution in [2.75, 3.05) is 10.6 Å². The molecule has 3 rings (SSSR count). The molecular weight excluding hydrogens is 309 g/mol. The van der Waals surface area contributed by atoms with E-state index < -0.39 is 7.12 Å². The van der Waals surface area contributed by atoms with Crippen molar-refractivity contribution >= 4 is 41.0 Å². The Balaban J connectivity index is 1.77. The molecule has 5 N–H and O–H groups in total. The van der Waals surface area contributed by atoms with Crippen LogP contribution in [0.5, 0.6) is 0 Å². The zero-order valence-corrected chi connectivity index (χ0v) is 12.9. The van der Waals surface area contributed by atoms with Crippen molar-refractivity contribution in [3.05, 3.63) is 42.4 Å². The zero-order valence-electron chi connectivity index (χ0n) is 12.9. The Kier molecular flexibility index (Phi) is 4.45. The molecular formula is C15H16BN5O3. The van der Waals surface area contributed by atoms with Crippen LogP contribution in [0.3, 0.4) is 0 Å². The van der Waals surface area contributed by atoms with Crippen molar-refractivity contribution in [1.29, 1.82) is 0 Å². The summed E-state index contributed by atoms with van der Waals surface area (Å²) in [7, 11) is -1.47. The van der Waals surface area contributed by atoms with E-state index in [0.717, 1.165) is 5.56 Å². The number of aromatic amines is 1. The van der Waals surface area contributed by atoms with E-state index in [0.29, 0.717) is 34.5 Å². The van der Waals surface area contributed by atoms with Gasteiger partial charge in [-0.15, -0.1) is 0 Å². The van der Waals surface area contributed by atoms with Crippen LogP contribution in [0.2, 0.25) is 0 Å². The quantitative estimate of drug-likeness (QED) is 0.427. The Morgan fingerprint density at radius 2 is 2.00 bits per heavy atom. The minimum atomic E-state index is -1.47. The van der Waals surface area contributed by atoms with Gasteiger partial charge in [0.25, 0.3) is 0 Å². The number of rotatable bonds is 5. The third-order valence-electron chi connectivity index (χ3n) is 3.51. The highest BCUT2D eigenvalue weighted by Gasteiger charge is 2.12. The number of anilines is 2. The summed E-state index contributed by atoms with van der Waals surface area (Å²) in [6.07, 6.45) is 3.10. The van der Waals surface area contributed by atoms with Crippen LogP contribution in [0.15, 0.2) is 36.8 Å². The number of hydrogen-bond donors (Lipinski definition) is 5. The van der Waals surface area contributed by atoms with E-state index in [9.17, 15) is 4.79 Å². The van der Waals surface area contributed by atoms with Crippen LogP contribution in [0.25, 0.3) is 11.0 Å². The maximum atomic E-state index is 11.2. The van der Waals surface area contributed by atoms with Crippen molar-refractivity contribution in [3.63, 3.8) is 0 Å². The molecule has 0 unspecified atom stereocenters. The second kappa shape index (κ2) is 6.69. The van der Waals surface area contributed by atoms with Crippen LogP contribution in [-0.4, -0.2) is 38.0 Å². The van der Waals surface area contributed by atoms with Crippen LogP contribution < -0.4 is 16.1 Å². The third-order valence-corrected chi connectivity index (χ3v) is 3.51. The highest BCUT2D eigenvalue weighted by Crippen LogP contribution is 2.25. The molecule has 0 atom stereocenters. The molecule has 0 saturated carbocycles. The Morgan fingerprint density at radius 3 is 2.67 bits per heavy atom. The van der Waals surface area contributed by atoms with E-state index in [4.69, 9.17) is 10.0 Å². The predicted octanol–water partition coefficient (Wildman–Crippen LogP) is 0.208. The van der Waals surface area contributed by atoms with Crippen LogP contribution in [0, 0.1) is 0 Å². The fraction of sp³-hybridized carbons (Fsp3) is 0.133. The number of carbonyl (C=O) groups excluding carboxylic acids is 1. The molecule has 0 aliphatic carbocycles. The van der Waals surface area contributed by atoms with Gasteiger partial charge < -0.3 is 25.7 Å². The van der Waals surface area contributed by atoms with Gasteiger partial charge >= 0.3 is 7.12 Å². The maximum absolute atomic E-state index is 11.2. The largest absolute Gasteiger partial charge is 0.488 e. The lowest BCUT2D eigenvalue weighted by Gasteiger charge is -2.07. The molecule has 0 saturated heterocycles. The Labute approximate surface area is 138 Å². The lowest BCUT2D eigenvalue weighted by Crippen LogP contribution is -2.29. The number of nitrogens with one attached hydrogen (secondary N) is 3. The molecule has 1 aromatic carbocycles. The minimum absolute atomic E-state index is 0.171. The summed E-state index contributed by atoms with van der Waals surface area (Å²) in [6, 6.07) is 6.91. The number of fused-ring (bicyclic) bond motifs is 1. The van der Waals surface area contributed by atoms with Gasteiger partial charge in [0.1, 0.15) is 17.4 Å². The van der Waals surface area contributed by atoms with Gasteiger partial charge in [-0.25, -0.2) is 9.97 Å². The second-order valence-corrected chi connectivity index (χ2v) is 5.30. The number of H-pyrrole nitrogens is 1. The number of carbonyl (C=O) groups is 1. The van der Waals surface area contributed by atoms with Crippen molar-refractivity contribution in [3.8, 4) is 0 Å². The summed E-state index contributed by atoms with van der Waals surface area (Å²) in [4.78, 5) is 22.7. The van der Waals surface area contributed by atoms with E-state index in [-0.39, 0.29) is 5.91 Å². The summed E-state index contributed by atoms with van der Waals surface area (Å²) >= 11 is 0. The van der Waals surface area contributed by atoms with Crippen molar-refractivity contribution in [2.24, 2.45) is 0 Å². The maximum Gasteiger partial charge on any atom is 0.488 e. The van der Waals surface area contributed by atoms with E-state index in [1.807, 2.05) is 0 Å². The van der Waals surface area contributed by atoms with Gasteiger partial charge in [-0.1, -0.05) is 24.3 Å². The molecule has 3 aromatic rings. The van der Waals surface area contributed by atoms with Gasteiger partial charge in [-0.3, -0.25) is 4.79 Å². The first-order valence-corrected chi connectivity index (χ1v) is 7.33. The average Bonchev–Trinajstić information content (AvgIpc) is 2.96. The normalized spacial score (nSPS) is 10.6. The lowest BCUT2D eigenvalue weighted by molar-refractivity contribution is -0.114. The van der Waals surface area contributed by atoms with Crippen molar-refractivity contribution in [2.45, 2.75) is 13.5 Å². The lowest BCUT2D eigenvalue weighted by atomic mass is 9.80. The number of amides is 1. The first-order valence-electron chi connectivity index (χ1n) is 7.33. The van der Waals surface area contributed by atoms with E-state index in [1.54, 1.807) is 30.5 Å². The van der Waals surface area contributed by atoms with E-state index in [2.05, 4.69) is 25.6 Å². The predicted molar refractivity (Wildman–Crippen MR) is 91.8 cm³/mol. The molecule has 0 fully saturated rings. The van der Waals surface area contributed by atoms with Gasteiger partial charge in [0, 0.05) is 19.7 Å². The minimum Gasteiger partial charge on any atom is -0.423 e. The molecule has 2 heterocycles. The first kappa shape index (κ1) is 16.0. The van der Waals surface area contributed by atoms with Crippen molar-refractivity contribution in [1.82, 2.24) is 15.0 Å². The molecule has 0 aliphatic heterocycles. The van der Waals surface area contributed by atoms with Crippen LogP contribution in [-0.2, 0) is 11.3 Å². The summed E-state index contributed by atoms with van der Waals surface area (Å²) in [6.45, 7) is 1.94. The van der Waals surface area contributed by atoms with Crippen LogP contribution in [0.1, 0.15) is 12.5 Å². The number of nitrogens with zero attached hydrogens (tertiary/aromatic N) is 2. The standard InChI is InChI=1S/C15H16BN5O3/c1-9(22)21-12-7-17-14-13(12)19-8-20-15(14)18-6-10-2-4-11(5-3-10)16(23)24/h2-5,7-8,17,23-24H,6H2,1H3,(H,21,22)(H,18,19,20). The van der Waals surface area contributed by atoms with Crippen LogP contribution in [0.4, 0.5) is 11.5 Å². The summed E-state index contributed by atoms with van der Waals surface area (Å²) in [5.74, 6) is 0.443. The van der Waals surface area contributed by atoms with E-state index >= 15 is 0 Å². The monoisotopic (exact) mass is 325 g/mol. The molecule has 0 bridgehead atoms. The molecule has 8 nitrogen and oxygen atoms in total. The SMILES string of the molecule is CC(=O)Nc1c[nH]c2c(NCc3ccc(B(O)O)cc3)ncnc12. The summed E-state index contributed by atoms with van der Waals surface area (Å²) in [5.41, 5.74) is 3.32. The fourth-order valence-electron chi connectivity index (χ4n) is 2.35. The summed E-state index contributed by atoms with van der Waals surface area (Å²) in [5, 5.41) is 24.1. The number of hydrogen-bond acceptors (Lipinski definition) is 6. The first-order chi connectivity index (χ1) is 11.5. The van der Waals surface area contributed by atoms with Gasteiger partial charge in [-0.05, 0) is 11.0 Å². The van der Waals surface area contributed by atoms with Gasteiger partial charge in [0.05, 0.1) is 5.69 Å². The number of aromatic nitrogens is 3. The molecule has 2 aromatic heterocycles. The smallest absolute Gasteiger partial charge is 0.423 e. The topological polar surface area (TPSA) is 123 Å². The highest BCUT2D eigenvalue weighted by atomic mass is 16.4. The van der Waals surface area contributed by atoms with Gasteiger partial charge in [-0.2, -0.15) is 0 Å². The fourth-order valence-corrected chi connectivity index (χ4v) is 2.35. The molecule has 9 heteroatoms. The third kappa shape index (κ3) is 3.37. The van der Waals surface area contributed by atoms with E-state index in [1.165, 1.54) is 13.3 Å². The zero-order chi connectivity index (χ0) is 17.1. The number of benzene rings is 1. The van der Waals surface area contributed by atoms with Crippen molar-refractivity contribution < 1.29 is 14.8 Å². The molecule has 0 spiro atoms. The molecule has 0 radical (unpaired) electrons. The molecule has 122 valence electrons. The second-order valence-electron chi connectivity index (χ2n) is 5.30. The Hall–Kier alpha value is -2.91. The molecule has 24 heavy (non-hydrogen) atoms. The van der Waals surface area contributed by atoms with Crippen LogP contribution >= 0.6 is 0 Å². The van der Waals surface area contributed by atoms with Gasteiger partial charge in [0.2, 0.25) is 5.91 Å². The Morgan fingerprint density at radius 1 is 1.25 bits per heavy atom. The molecule has 1 amide bonds. The van der Waals surface area contributed by atoms with Gasteiger partial charge in [0.15, 0.2) is 5.82 Å². The molecule has 0 aliphatic rings. The average molecular weight is 325 g/mol. The highest BCUT2D eigenvalue weighted by molar-refractivity contribution is 6.58.